The Morgan fingerprint density at radius 2 is 1.57 bits per heavy atom. The summed E-state index contributed by atoms with van der Waals surface area (Å²) < 4.78 is 13.0. The first kappa shape index (κ1) is 15.0. The molecule has 0 aromatic heterocycles. The number of hydrogen-bond donors (Lipinski definition) is 2. The molecule has 2 aromatic rings. The molecular weight excluding hydrogens is 295 g/mol. The van der Waals surface area contributed by atoms with Gasteiger partial charge in [-0.05, 0) is 42.5 Å². The number of carbonyl (C=O) groups excluding carboxylic acids is 2. The number of benzene rings is 2. The first-order valence-electron chi connectivity index (χ1n) is 6.14. The van der Waals surface area contributed by atoms with Gasteiger partial charge in [-0.1, -0.05) is 17.7 Å². The van der Waals surface area contributed by atoms with Crippen molar-refractivity contribution in [1.29, 1.82) is 0 Å². The highest BCUT2D eigenvalue weighted by atomic mass is 35.5. The minimum Gasteiger partial charge on any atom is -0.326 e. The van der Waals surface area contributed by atoms with Crippen molar-refractivity contribution in [2.45, 2.75) is 6.42 Å². The Labute approximate surface area is 125 Å². The molecule has 2 aromatic carbocycles. The standard InChI is InChI=1S/C15H12ClFN2O2/c16-10-4-6-12(7-5-10)18-14(20)9-15(21)19-13-3-1-2-11(17)8-13/h1-8H,9H2,(H,18,20)(H,19,21). The van der Waals surface area contributed by atoms with Crippen molar-refractivity contribution in [3.63, 3.8) is 0 Å². The molecule has 6 heteroatoms. The molecule has 0 radical (unpaired) electrons. The second kappa shape index (κ2) is 6.85. The van der Waals surface area contributed by atoms with Crippen LogP contribution in [0.4, 0.5) is 15.8 Å². The van der Waals surface area contributed by atoms with E-state index in [0.29, 0.717) is 16.4 Å². The summed E-state index contributed by atoms with van der Waals surface area (Å²) in [6.45, 7) is 0. The van der Waals surface area contributed by atoms with Gasteiger partial charge in [0.2, 0.25) is 11.8 Å². The molecule has 0 unspecified atom stereocenters. The summed E-state index contributed by atoms with van der Waals surface area (Å²) in [5.74, 6) is -1.45. The summed E-state index contributed by atoms with van der Waals surface area (Å²) in [6.07, 6.45) is -0.362. The lowest BCUT2D eigenvalue weighted by Gasteiger charge is -2.07. The topological polar surface area (TPSA) is 58.2 Å². The van der Waals surface area contributed by atoms with Crippen molar-refractivity contribution in [2.24, 2.45) is 0 Å². The van der Waals surface area contributed by atoms with Crippen LogP contribution in [0.25, 0.3) is 0 Å². The van der Waals surface area contributed by atoms with Crippen LogP contribution in [0.15, 0.2) is 48.5 Å². The second-order valence-corrected chi connectivity index (χ2v) is 4.73. The lowest BCUT2D eigenvalue weighted by atomic mass is 10.2. The molecule has 0 spiro atoms. The summed E-state index contributed by atoms with van der Waals surface area (Å²) in [7, 11) is 0. The molecule has 0 heterocycles. The molecule has 0 aliphatic carbocycles. The van der Waals surface area contributed by atoms with E-state index in [0.717, 1.165) is 0 Å². The van der Waals surface area contributed by atoms with Crippen LogP contribution >= 0.6 is 11.6 Å². The van der Waals surface area contributed by atoms with Gasteiger partial charge in [0.05, 0.1) is 0 Å². The molecule has 2 amide bonds. The van der Waals surface area contributed by atoms with E-state index in [9.17, 15) is 14.0 Å². The number of rotatable bonds is 4. The maximum absolute atomic E-state index is 13.0. The highest BCUT2D eigenvalue weighted by Crippen LogP contribution is 2.14. The zero-order chi connectivity index (χ0) is 15.2. The van der Waals surface area contributed by atoms with Crippen LogP contribution in [-0.2, 0) is 9.59 Å². The monoisotopic (exact) mass is 306 g/mol. The Balaban J connectivity index is 1.87. The van der Waals surface area contributed by atoms with Gasteiger partial charge < -0.3 is 10.6 Å². The molecule has 0 aliphatic heterocycles. The molecule has 0 saturated heterocycles. The summed E-state index contributed by atoms with van der Waals surface area (Å²) in [5.41, 5.74) is 0.849. The van der Waals surface area contributed by atoms with Gasteiger partial charge in [-0.3, -0.25) is 9.59 Å². The Bertz CT molecular complexity index is 659. The van der Waals surface area contributed by atoms with Crippen molar-refractivity contribution < 1.29 is 14.0 Å². The Kier molecular flexibility index (Phi) is 4.90. The summed E-state index contributed by atoms with van der Waals surface area (Å²) >= 11 is 5.73. The van der Waals surface area contributed by atoms with Gasteiger partial charge in [-0.2, -0.15) is 0 Å². The normalized spacial score (nSPS) is 10.0. The molecular formula is C15H12ClFN2O2. The molecule has 4 nitrogen and oxygen atoms in total. The maximum Gasteiger partial charge on any atom is 0.233 e. The van der Waals surface area contributed by atoms with Gasteiger partial charge >= 0.3 is 0 Å². The van der Waals surface area contributed by atoms with E-state index in [1.54, 1.807) is 24.3 Å². The molecule has 2 rings (SSSR count). The van der Waals surface area contributed by atoms with Crippen molar-refractivity contribution in [3.05, 3.63) is 59.4 Å². The van der Waals surface area contributed by atoms with Gasteiger partial charge in [0.15, 0.2) is 0 Å². The van der Waals surface area contributed by atoms with Crippen LogP contribution in [0.5, 0.6) is 0 Å². The molecule has 0 aliphatic rings. The molecule has 0 fully saturated rings. The van der Waals surface area contributed by atoms with Crippen LogP contribution in [-0.4, -0.2) is 11.8 Å². The number of hydrogen-bond acceptors (Lipinski definition) is 2. The maximum atomic E-state index is 13.0. The van der Waals surface area contributed by atoms with Crippen molar-refractivity contribution in [2.75, 3.05) is 10.6 Å². The fourth-order valence-corrected chi connectivity index (χ4v) is 1.78. The zero-order valence-corrected chi connectivity index (χ0v) is 11.7. The predicted molar refractivity (Wildman–Crippen MR) is 79.7 cm³/mol. The van der Waals surface area contributed by atoms with Gasteiger partial charge in [0.25, 0.3) is 0 Å². The predicted octanol–water partition coefficient (Wildman–Crippen LogP) is 3.45. The molecule has 0 saturated carbocycles. The van der Waals surface area contributed by atoms with E-state index in [-0.39, 0.29) is 6.42 Å². The van der Waals surface area contributed by atoms with Crippen LogP contribution in [0, 0.1) is 5.82 Å². The van der Waals surface area contributed by atoms with E-state index in [1.807, 2.05) is 0 Å². The van der Waals surface area contributed by atoms with Crippen LogP contribution in [0.1, 0.15) is 6.42 Å². The number of amides is 2. The fourth-order valence-electron chi connectivity index (χ4n) is 1.66. The molecule has 21 heavy (non-hydrogen) atoms. The third-order valence-corrected chi connectivity index (χ3v) is 2.81. The Morgan fingerprint density at radius 1 is 0.952 bits per heavy atom. The first-order valence-corrected chi connectivity index (χ1v) is 6.51. The van der Waals surface area contributed by atoms with E-state index < -0.39 is 17.6 Å². The number of halogens is 2. The fraction of sp³-hybridized carbons (Fsp3) is 0.0667. The van der Waals surface area contributed by atoms with Crippen molar-refractivity contribution >= 4 is 34.8 Å². The molecule has 108 valence electrons. The second-order valence-electron chi connectivity index (χ2n) is 4.29. The highest BCUT2D eigenvalue weighted by molar-refractivity contribution is 6.30. The quantitative estimate of drug-likeness (QED) is 0.850. The van der Waals surface area contributed by atoms with E-state index in [2.05, 4.69) is 10.6 Å². The number of anilines is 2. The third-order valence-electron chi connectivity index (χ3n) is 2.56. The van der Waals surface area contributed by atoms with Crippen LogP contribution in [0.2, 0.25) is 5.02 Å². The van der Waals surface area contributed by atoms with Crippen LogP contribution < -0.4 is 10.6 Å². The Hall–Kier alpha value is -2.40. The smallest absolute Gasteiger partial charge is 0.233 e. The van der Waals surface area contributed by atoms with Crippen LogP contribution in [0.3, 0.4) is 0 Å². The van der Waals surface area contributed by atoms with E-state index in [1.165, 1.54) is 24.3 Å². The molecule has 0 bridgehead atoms. The zero-order valence-electron chi connectivity index (χ0n) is 10.9. The van der Waals surface area contributed by atoms with E-state index in [4.69, 9.17) is 11.6 Å². The van der Waals surface area contributed by atoms with Gasteiger partial charge in [-0.25, -0.2) is 4.39 Å². The number of carbonyl (C=O) groups is 2. The lowest BCUT2D eigenvalue weighted by molar-refractivity contribution is -0.123. The summed E-state index contributed by atoms with van der Waals surface area (Å²) in [6, 6.07) is 12.0. The van der Waals surface area contributed by atoms with Gasteiger partial charge in [0.1, 0.15) is 12.2 Å². The molecule has 2 N–H and O–H groups in total. The van der Waals surface area contributed by atoms with Crippen molar-refractivity contribution in [1.82, 2.24) is 0 Å². The summed E-state index contributed by atoms with van der Waals surface area (Å²) in [5, 5.41) is 5.57. The first-order chi connectivity index (χ1) is 10.0. The van der Waals surface area contributed by atoms with Crippen molar-refractivity contribution in [3.8, 4) is 0 Å². The molecule has 0 atom stereocenters. The number of nitrogens with one attached hydrogen (secondary N) is 2. The highest BCUT2D eigenvalue weighted by Gasteiger charge is 2.10. The average molecular weight is 307 g/mol. The summed E-state index contributed by atoms with van der Waals surface area (Å²) in [4.78, 5) is 23.3. The minimum atomic E-state index is -0.521. The SMILES string of the molecule is O=C(CC(=O)Nc1cccc(F)c1)Nc1ccc(Cl)cc1. The minimum absolute atomic E-state index is 0.305. The average Bonchev–Trinajstić information content (AvgIpc) is 2.41. The Morgan fingerprint density at radius 3 is 2.19 bits per heavy atom. The van der Waals surface area contributed by atoms with E-state index >= 15 is 0 Å². The van der Waals surface area contributed by atoms with Gasteiger partial charge in [-0.15, -0.1) is 0 Å². The third kappa shape index (κ3) is 4.89. The van der Waals surface area contributed by atoms with Gasteiger partial charge in [0, 0.05) is 16.4 Å². The lowest BCUT2D eigenvalue weighted by Crippen LogP contribution is -2.21. The largest absolute Gasteiger partial charge is 0.326 e.